The van der Waals surface area contributed by atoms with Gasteiger partial charge in [-0.15, -0.1) is 0 Å². The molecule has 1 N–H and O–H groups in total. The second-order valence-corrected chi connectivity index (χ2v) is 6.07. The summed E-state index contributed by atoms with van der Waals surface area (Å²) in [5, 5.41) is 8.67. The zero-order chi connectivity index (χ0) is 13.9. The molecule has 0 radical (unpaired) electrons. The van der Waals surface area contributed by atoms with Gasteiger partial charge >= 0.3 is 0 Å². The van der Waals surface area contributed by atoms with Crippen LogP contribution in [0.15, 0.2) is 0 Å². The van der Waals surface area contributed by atoms with Crippen LogP contribution < -0.4 is 0 Å². The smallest absolute Gasteiger partial charge is 0.214 e. The van der Waals surface area contributed by atoms with E-state index in [9.17, 15) is 8.42 Å². The highest BCUT2D eigenvalue weighted by atomic mass is 32.2. The average molecular weight is 283 g/mol. The summed E-state index contributed by atoms with van der Waals surface area (Å²) in [6.45, 7) is 1.75. The maximum absolute atomic E-state index is 12.1. The quantitative estimate of drug-likeness (QED) is 0.513. The fourth-order valence-electron chi connectivity index (χ4n) is 1.49. The summed E-state index contributed by atoms with van der Waals surface area (Å²) in [6.07, 6.45) is 1.65. The predicted molar refractivity (Wildman–Crippen MR) is 70.0 cm³/mol. The molecule has 0 aromatic carbocycles. The van der Waals surface area contributed by atoms with Gasteiger partial charge in [-0.1, -0.05) is 0 Å². The van der Waals surface area contributed by atoms with Crippen molar-refractivity contribution in [3.8, 4) is 0 Å². The topological polar surface area (TPSA) is 76.1 Å². The highest BCUT2D eigenvalue weighted by Gasteiger charge is 2.20. The molecule has 0 aromatic rings. The van der Waals surface area contributed by atoms with E-state index in [1.165, 1.54) is 4.31 Å². The van der Waals surface area contributed by atoms with Crippen molar-refractivity contribution in [1.82, 2.24) is 4.31 Å². The molecule has 0 unspecified atom stereocenters. The Bertz CT molecular complexity index is 281. The molecule has 0 spiro atoms. The molecular weight excluding hydrogens is 258 g/mol. The molecule has 0 fully saturated rings. The van der Waals surface area contributed by atoms with Gasteiger partial charge in [0.1, 0.15) is 0 Å². The lowest BCUT2D eigenvalue weighted by molar-refractivity contribution is 0.164. The van der Waals surface area contributed by atoms with Crippen LogP contribution in [0.5, 0.6) is 0 Å². The summed E-state index contributed by atoms with van der Waals surface area (Å²) in [4.78, 5) is 0. The van der Waals surface area contributed by atoms with E-state index in [0.717, 1.165) is 0 Å². The normalized spacial score (nSPS) is 12.2. The van der Waals surface area contributed by atoms with Crippen molar-refractivity contribution in [2.45, 2.75) is 19.3 Å². The van der Waals surface area contributed by atoms with Crippen molar-refractivity contribution in [1.29, 1.82) is 0 Å². The number of rotatable bonds is 12. The van der Waals surface area contributed by atoms with Crippen LogP contribution in [0, 0.1) is 0 Å². The Kier molecular flexibility index (Phi) is 10.6. The summed E-state index contributed by atoms with van der Waals surface area (Å²) in [5.74, 6) is 0.0737. The van der Waals surface area contributed by atoms with Gasteiger partial charge in [0.05, 0.1) is 12.4 Å². The van der Waals surface area contributed by atoms with Crippen molar-refractivity contribution in [2.75, 3.05) is 52.9 Å². The van der Waals surface area contributed by atoms with Gasteiger partial charge in [0, 0.05) is 40.5 Å². The second kappa shape index (κ2) is 10.7. The number of hydrogen-bond acceptors (Lipinski definition) is 5. The zero-order valence-corrected chi connectivity index (χ0v) is 12.1. The van der Waals surface area contributed by atoms with Gasteiger partial charge in [-0.05, 0) is 19.3 Å². The van der Waals surface area contributed by atoms with Crippen LogP contribution in [0.1, 0.15) is 19.3 Å². The third-order valence-corrected chi connectivity index (χ3v) is 4.46. The van der Waals surface area contributed by atoms with Gasteiger partial charge in [-0.3, -0.25) is 0 Å². The molecule has 0 aliphatic carbocycles. The molecule has 0 saturated carbocycles. The van der Waals surface area contributed by atoms with E-state index in [1.807, 2.05) is 0 Å². The van der Waals surface area contributed by atoms with Gasteiger partial charge in [-0.25, -0.2) is 8.42 Å². The highest BCUT2D eigenvalue weighted by Crippen LogP contribution is 2.06. The lowest BCUT2D eigenvalue weighted by Gasteiger charge is -2.21. The maximum Gasteiger partial charge on any atom is 0.214 e. The third-order valence-electron chi connectivity index (χ3n) is 2.50. The monoisotopic (exact) mass is 283 g/mol. The minimum Gasteiger partial charge on any atom is -0.396 e. The van der Waals surface area contributed by atoms with Crippen LogP contribution >= 0.6 is 0 Å². The average Bonchev–Trinajstić information content (AvgIpc) is 2.33. The van der Waals surface area contributed by atoms with Crippen molar-refractivity contribution in [2.24, 2.45) is 0 Å². The summed E-state index contributed by atoms with van der Waals surface area (Å²) >= 11 is 0. The number of unbranched alkanes of at least 4 members (excludes halogenated alkanes) is 1. The number of methoxy groups -OCH3 is 2. The van der Waals surface area contributed by atoms with E-state index >= 15 is 0 Å². The Morgan fingerprint density at radius 3 is 2.22 bits per heavy atom. The molecule has 110 valence electrons. The van der Waals surface area contributed by atoms with Gasteiger partial charge in [0.25, 0.3) is 0 Å². The maximum atomic E-state index is 12.1. The van der Waals surface area contributed by atoms with Crippen molar-refractivity contribution >= 4 is 10.0 Å². The van der Waals surface area contributed by atoms with E-state index in [0.29, 0.717) is 45.6 Å². The van der Waals surface area contributed by atoms with Crippen LogP contribution in [-0.4, -0.2) is 70.7 Å². The summed E-state index contributed by atoms with van der Waals surface area (Å²) in [5.41, 5.74) is 0. The van der Waals surface area contributed by atoms with Crippen molar-refractivity contribution in [3.63, 3.8) is 0 Å². The first-order valence-electron chi connectivity index (χ1n) is 6.15. The number of aliphatic hydroxyl groups excluding tert-OH is 1. The Labute approximate surface area is 110 Å². The second-order valence-electron chi connectivity index (χ2n) is 3.98. The van der Waals surface area contributed by atoms with Crippen LogP contribution in [0.25, 0.3) is 0 Å². The SMILES string of the molecule is COCCCN(CCOC)S(=O)(=O)CCCCO. The third kappa shape index (κ3) is 7.99. The first-order chi connectivity index (χ1) is 8.58. The predicted octanol–water partition coefficient (Wildman–Crippen LogP) is 0.0736. The van der Waals surface area contributed by atoms with Crippen LogP contribution in [0.3, 0.4) is 0 Å². The van der Waals surface area contributed by atoms with E-state index in [-0.39, 0.29) is 12.4 Å². The fraction of sp³-hybridized carbons (Fsp3) is 1.00. The van der Waals surface area contributed by atoms with E-state index < -0.39 is 10.0 Å². The molecule has 0 atom stereocenters. The molecule has 0 bridgehead atoms. The van der Waals surface area contributed by atoms with Crippen LogP contribution in [0.4, 0.5) is 0 Å². The molecule has 0 aromatic heterocycles. The Morgan fingerprint density at radius 2 is 1.67 bits per heavy atom. The van der Waals surface area contributed by atoms with Gasteiger partial charge in [0.2, 0.25) is 10.0 Å². The van der Waals surface area contributed by atoms with Crippen molar-refractivity contribution in [3.05, 3.63) is 0 Å². The number of nitrogens with zero attached hydrogens (tertiary/aromatic N) is 1. The molecule has 6 nitrogen and oxygen atoms in total. The van der Waals surface area contributed by atoms with E-state index in [4.69, 9.17) is 14.6 Å². The van der Waals surface area contributed by atoms with Gasteiger partial charge < -0.3 is 14.6 Å². The van der Waals surface area contributed by atoms with E-state index in [2.05, 4.69) is 0 Å². The number of ether oxygens (including phenoxy) is 2. The minimum absolute atomic E-state index is 0.0251. The van der Waals surface area contributed by atoms with E-state index in [1.54, 1.807) is 14.2 Å². The van der Waals surface area contributed by atoms with Crippen molar-refractivity contribution < 1.29 is 23.0 Å². The standard InChI is InChI=1S/C11H25NO5S/c1-16-9-5-6-12(7-10-17-2)18(14,15)11-4-3-8-13/h13H,3-11H2,1-2H3. The van der Waals surface area contributed by atoms with Gasteiger partial charge in [0.15, 0.2) is 0 Å². The first kappa shape index (κ1) is 17.8. The largest absolute Gasteiger partial charge is 0.396 e. The number of sulfonamides is 1. The summed E-state index contributed by atoms with van der Waals surface area (Å²) < 4.78 is 35.4. The Hall–Kier alpha value is -0.210. The molecule has 0 rings (SSSR count). The summed E-state index contributed by atoms with van der Waals surface area (Å²) in [7, 11) is -0.121. The molecule has 18 heavy (non-hydrogen) atoms. The molecule has 0 heterocycles. The molecular formula is C11H25NO5S. The Balaban J connectivity index is 4.30. The Morgan fingerprint density at radius 1 is 1.00 bits per heavy atom. The highest BCUT2D eigenvalue weighted by molar-refractivity contribution is 7.89. The first-order valence-corrected chi connectivity index (χ1v) is 7.76. The number of hydrogen-bond donors (Lipinski definition) is 1. The lowest BCUT2D eigenvalue weighted by Crippen LogP contribution is -2.36. The molecule has 7 heteroatoms. The summed E-state index contributed by atoms with van der Waals surface area (Å²) in [6, 6.07) is 0. The molecule has 0 aliphatic rings. The lowest BCUT2D eigenvalue weighted by atomic mass is 10.4. The minimum atomic E-state index is -3.26. The van der Waals surface area contributed by atoms with Crippen LogP contribution in [-0.2, 0) is 19.5 Å². The van der Waals surface area contributed by atoms with Crippen LogP contribution in [0.2, 0.25) is 0 Å². The van der Waals surface area contributed by atoms with Gasteiger partial charge in [-0.2, -0.15) is 4.31 Å². The molecule has 0 aliphatic heterocycles. The fourth-order valence-corrected chi connectivity index (χ4v) is 3.08. The zero-order valence-electron chi connectivity index (χ0n) is 11.3. The number of aliphatic hydroxyl groups is 1. The molecule has 0 amide bonds. The molecule has 0 saturated heterocycles.